The standard InChI is InChI=1S/C14H15ClN4O2S/c15-11-2-1-10(22-11)7-12(20)18-9-3-6-19(8-9)13-14(21)17-5-4-16-13/h1-2,4-5,9H,3,6-8H2,(H,17,21)(H,18,20). The van der Waals surface area contributed by atoms with Gasteiger partial charge in [0.1, 0.15) is 0 Å². The summed E-state index contributed by atoms with van der Waals surface area (Å²) in [7, 11) is 0. The zero-order valence-corrected chi connectivity index (χ0v) is 13.3. The van der Waals surface area contributed by atoms with Crippen molar-refractivity contribution in [3.63, 3.8) is 0 Å². The predicted octanol–water partition coefficient (Wildman–Crippen LogP) is 1.42. The summed E-state index contributed by atoms with van der Waals surface area (Å²) < 4.78 is 0.684. The first-order valence-electron chi connectivity index (χ1n) is 6.94. The maximum atomic E-state index is 12.0. The maximum Gasteiger partial charge on any atom is 0.290 e. The van der Waals surface area contributed by atoms with E-state index in [1.165, 1.54) is 17.5 Å². The van der Waals surface area contributed by atoms with Gasteiger partial charge in [0.15, 0.2) is 5.82 Å². The minimum absolute atomic E-state index is 0.0275. The second kappa shape index (κ2) is 6.50. The fourth-order valence-corrected chi connectivity index (χ4v) is 3.61. The lowest BCUT2D eigenvalue weighted by molar-refractivity contribution is -0.120. The summed E-state index contributed by atoms with van der Waals surface area (Å²) in [5.74, 6) is 0.379. The summed E-state index contributed by atoms with van der Waals surface area (Å²) in [4.78, 5) is 33.3. The van der Waals surface area contributed by atoms with Gasteiger partial charge in [0.2, 0.25) is 5.91 Å². The van der Waals surface area contributed by atoms with Crippen molar-refractivity contribution in [1.29, 1.82) is 0 Å². The van der Waals surface area contributed by atoms with Crippen LogP contribution in [0.3, 0.4) is 0 Å². The Bertz CT molecular complexity index is 729. The number of halogens is 1. The molecule has 1 amide bonds. The molecule has 0 aliphatic carbocycles. The lowest BCUT2D eigenvalue weighted by Gasteiger charge is -2.16. The average molecular weight is 339 g/mol. The molecular weight excluding hydrogens is 324 g/mol. The van der Waals surface area contributed by atoms with E-state index in [4.69, 9.17) is 11.6 Å². The van der Waals surface area contributed by atoms with Crippen molar-refractivity contribution in [3.8, 4) is 0 Å². The highest BCUT2D eigenvalue weighted by atomic mass is 35.5. The van der Waals surface area contributed by atoms with E-state index in [1.807, 2.05) is 11.0 Å². The maximum absolute atomic E-state index is 12.0. The van der Waals surface area contributed by atoms with Crippen LogP contribution in [0.25, 0.3) is 0 Å². The molecule has 0 bridgehead atoms. The number of carbonyl (C=O) groups is 1. The van der Waals surface area contributed by atoms with Crippen LogP contribution in [0.4, 0.5) is 5.82 Å². The Labute approximate surface area is 136 Å². The average Bonchev–Trinajstić information content (AvgIpc) is 3.09. The van der Waals surface area contributed by atoms with Crippen molar-refractivity contribution in [2.75, 3.05) is 18.0 Å². The number of nitrogens with one attached hydrogen (secondary N) is 2. The number of H-pyrrole nitrogens is 1. The molecule has 1 atom stereocenters. The van der Waals surface area contributed by atoms with E-state index in [0.717, 1.165) is 11.3 Å². The molecule has 0 radical (unpaired) electrons. The van der Waals surface area contributed by atoms with Gasteiger partial charge in [-0.2, -0.15) is 0 Å². The highest BCUT2D eigenvalue weighted by molar-refractivity contribution is 7.16. The third-order valence-corrected chi connectivity index (χ3v) is 4.74. The number of hydrogen-bond donors (Lipinski definition) is 2. The summed E-state index contributed by atoms with van der Waals surface area (Å²) in [5, 5.41) is 3.00. The highest BCUT2D eigenvalue weighted by Gasteiger charge is 2.26. The van der Waals surface area contributed by atoms with Crippen LogP contribution >= 0.6 is 22.9 Å². The quantitative estimate of drug-likeness (QED) is 0.884. The predicted molar refractivity (Wildman–Crippen MR) is 86.7 cm³/mol. The van der Waals surface area contributed by atoms with Crippen molar-refractivity contribution < 1.29 is 4.79 Å². The van der Waals surface area contributed by atoms with Crippen LogP contribution in [0.2, 0.25) is 4.34 Å². The number of thiophene rings is 1. The first-order valence-corrected chi connectivity index (χ1v) is 8.13. The monoisotopic (exact) mass is 338 g/mol. The number of hydrogen-bond acceptors (Lipinski definition) is 5. The second-order valence-corrected chi connectivity index (χ2v) is 6.92. The van der Waals surface area contributed by atoms with Crippen LogP contribution in [0.5, 0.6) is 0 Å². The van der Waals surface area contributed by atoms with Crippen LogP contribution in [0, 0.1) is 0 Å². The molecule has 0 aromatic carbocycles. The first-order chi connectivity index (χ1) is 10.6. The first kappa shape index (κ1) is 15.1. The molecule has 1 fully saturated rings. The Kier molecular flexibility index (Phi) is 4.44. The molecule has 1 unspecified atom stereocenters. The number of amides is 1. The minimum Gasteiger partial charge on any atom is -0.351 e. The van der Waals surface area contributed by atoms with E-state index in [2.05, 4.69) is 15.3 Å². The smallest absolute Gasteiger partial charge is 0.290 e. The molecule has 2 N–H and O–H groups in total. The SMILES string of the molecule is O=C(Cc1ccc(Cl)s1)NC1CCN(c2ncc[nH]c2=O)C1. The van der Waals surface area contributed by atoms with E-state index < -0.39 is 0 Å². The zero-order chi connectivity index (χ0) is 15.5. The van der Waals surface area contributed by atoms with Crippen molar-refractivity contribution in [1.82, 2.24) is 15.3 Å². The van der Waals surface area contributed by atoms with Gasteiger partial charge in [0.05, 0.1) is 10.8 Å². The number of aromatic amines is 1. The van der Waals surface area contributed by atoms with Crippen LogP contribution in [0.15, 0.2) is 29.3 Å². The molecule has 6 nitrogen and oxygen atoms in total. The molecule has 2 aromatic rings. The second-order valence-electron chi connectivity index (χ2n) is 5.12. The summed E-state index contributed by atoms with van der Waals surface area (Å²) in [5.41, 5.74) is -0.206. The molecule has 8 heteroatoms. The molecule has 2 aromatic heterocycles. The van der Waals surface area contributed by atoms with Crippen molar-refractivity contribution in [3.05, 3.63) is 44.1 Å². The Morgan fingerprint density at radius 2 is 2.41 bits per heavy atom. The summed E-state index contributed by atoms with van der Waals surface area (Å²) in [6.07, 6.45) is 4.20. The molecule has 3 heterocycles. The number of anilines is 1. The summed E-state index contributed by atoms with van der Waals surface area (Å²) >= 11 is 7.27. The van der Waals surface area contributed by atoms with Crippen LogP contribution in [-0.2, 0) is 11.2 Å². The van der Waals surface area contributed by atoms with Gasteiger partial charge in [-0.1, -0.05) is 11.6 Å². The van der Waals surface area contributed by atoms with Gasteiger partial charge in [-0.3, -0.25) is 9.59 Å². The van der Waals surface area contributed by atoms with Gasteiger partial charge in [-0.15, -0.1) is 11.3 Å². The molecule has 0 spiro atoms. The van der Waals surface area contributed by atoms with Gasteiger partial charge in [0, 0.05) is 36.4 Å². The van der Waals surface area contributed by atoms with E-state index in [1.54, 1.807) is 12.3 Å². The van der Waals surface area contributed by atoms with Crippen LogP contribution in [0.1, 0.15) is 11.3 Å². The zero-order valence-electron chi connectivity index (χ0n) is 11.7. The number of nitrogens with zero attached hydrogens (tertiary/aromatic N) is 2. The third-order valence-electron chi connectivity index (χ3n) is 3.51. The normalized spacial score (nSPS) is 17.7. The highest BCUT2D eigenvalue weighted by Crippen LogP contribution is 2.22. The van der Waals surface area contributed by atoms with E-state index in [9.17, 15) is 9.59 Å². The largest absolute Gasteiger partial charge is 0.351 e. The van der Waals surface area contributed by atoms with Crippen LogP contribution in [-0.4, -0.2) is 35.0 Å². The minimum atomic E-state index is -0.206. The van der Waals surface area contributed by atoms with Gasteiger partial charge in [0.25, 0.3) is 5.56 Å². The molecule has 116 valence electrons. The lowest BCUT2D eigenvalue weighted by atomic mass is 10.2. The number of aromatic nitrogens is 2. The fraction of sp³-hybridized carbons (Fsp3) is 0.357. The van der Waals surface area contributed by atoms with E-state index in [-0.39, 0.29) is 17.5 Å². The third kappa shape index (κ3) is 3.48. The number of rotatable bonds is 4. The summed E-state index contributed by atoms with van der Waals surface area (Å²) in [6, 6.07) is 3.69. The Balaban J connectivity index is 1.56. The Hall–Kier alpha value is -1.86. The fourth-order valence-electron chi connectivity index (χ4n) is 2.52. The van der Waals surface area contributed by atoms with Crippen molar-refractivity contribution >= 4 is 34.7 Å². The number of carbonyl (C=O) groups excluding carboxylic acids is 1. The van der Waals surface area contributed by atoms with Crippen molar-refractivity contribution in [2.24, 2.45) is 0 Å². The van der Waals surface area contributed by atoms with Gasteiger partial charge in [-0.25, -0.2) is 4.98 Å². The lowest BCUT2D eigenvalue weighted by Crippen LogP contribution is -2.38. The van der Waals surface area contributed by atoms with E-state index >= 15 is 0 Å². The summed E-state index contributed by atoms with van der Waals surface area (Å²) in [6.45, 7) is 1.30. The van der Waals surface area contributed by atoms with Gasteiger partial charge in [-0.05, 0) is 18.6 Å². The molecule has 0 saturated carbocycles. The molecule has 22 heavy (non-hydrogen) atoms. The van der Waals surface area contributed by atoms with E-state index in [0.29, 0.717) is 29.7 Å². The molecule has 1 aliphatic heterocycles. The molecule has 1 aliphatic rings. The molecule has 3 rings (SSSR count). The molecule has 1 saturated heterocycles. The topological polar surface area (TPSA) is 78.1 Å². The van der Waals surface area contributed by atoms with Gasteiger partial charge >= 0.3 is 0 Å². The van der Waals surface area contributed by atoms with Crippen LogP contribution < -0.4 is 15.8 Å². The Morgan fingerprint density at radius 1 is 1.55 bits per heavy atom. The molecular formula is C14H15ClN4O2S. The van der Waals surface area contributed by atoms with Gasteiger partial charge < -0.3 is 15.2 Å². The van der Waals surface area contributed by atoms with Crippen molar-refractivity contribution in [2.45, 2.75) is 18.9 Å². The Morgan fingerprint density at radius 3 is 3.14 bits per heavy atom.